The van der Waals surface area contributed by atoms with Crippen LogP contribution in [0.15, 0.2) is 24.3 Å². The third-order valence-electron chi connectivity index (χ3n) is 2.35. The predicted octanol–water partition coefficient (Wildman–Crippen LogP) is 1.72. The van der Waals surface area contributed by atoms with Crippen LogP contribution in [0.25, 0.3) is 0 Å². The normalized spacial score (nSPS) is 25.9. The highest BCUT2D eigenvalue weighted by Gasteiger charge is 2.22. The molecule has 1 aromatic carbocycles. The molecule has 4 heteroatoms. The van der Waals surface area contributed by atoms with Crippen molar-refractivity contribution >= 4 is 24.2 Å². The molecule has 0 fully saturated rings. The van der Waals surface area contributed by atoms with Crippen LogP contribution in [0, 0.1) is 0 Å². The number of aliphatic hydroxyl groups is 1. The maximum Gasteiger partial charge on any atom is 0.0951 e. The lowest BCUT2D eigenvalue weighted by molar-refractivity contribution is 0.155. The minimum atomic E-state index is -0.494. The molecule has 0 radical (unpaired) electrons. The van der Waals surface area contributed by atoms with Gasteiger partial charge in [-0.05, 0) is 11.1 Å². The molecule has 3 N–H and O–H groups in total. The van der Waals surface area contributed by atoms with Crippen molar-refractivity contribution in [3.63, 3.8) is 0 Å². The Bertz CT molecular complexity index is 308. The minimum Gasteiger partial charge on any atom is -0.387 e. The molecule has 14 heavy (non-hydrogen) atoms. The number of hydrogen-bond donors (Lipinski definition) is 2. The third-order valence-corrected chi connectivity index (χ3v) is 3.48. The summed E-state index contributed by atoms with van der Waals surface area (Å²) in [5.74, 6) is 1.79. The highest BCUT2D eigenvalue weighted by atomic mass is 35.5. The average molecular weight is 232 g/mol. The van der Waals surface area contributed by atoms with Gasteiger partial charge in [-0.25, -0.2) is 0 Å². The van der Waals surface area contributed by atoms with Gasteiger partial charge in [-0.1, -0.05) is 24.3 Å². The molecule has 2 rings (SSSR count). The standard InChI is InChI=1S/C10H13NOS.ClH/c11-9-6-13-5-7-3-1-2-4-8(7)10(9)12;/h1-4,9-10,12H,5-6,11H2;1H/t9-,10+;/m1./s1. The van der Waals surface area contributed by atoms with Crippen molar-refractivity contribution < 1.29 is 5.11 Å². The molecular formula is C10H14ClNOS. The van der Waals surface area contributed by atoms with Crippen molar-refractivity contribution in [3.8, 4) is 0 Å². The largest absolute Gasteiger partial charge is 0.387 e. The summed E-state index contributed by atoms with van der Waals surface area (Å²) >= 11 is 1.79. The van der Waals surface area contributed by atoms with E-state index in [9.17, 15) is 5.11 Å². The monoisotopic (exact) mass is 231 g/mol. The molecule has 0 aromatic heterocycles. The number of hydrogen-bond acceptors (Lipinski definition) is 3. The zero-order valence-electron chi connectivity index (χ0n) is 7.72. The summed E-state index contributed by atoms with van der Waals surface area (Å²) < 4.78 is 0. The number of nitrogens with two attached hydrogens (primary N) is 1. The maximum absolute atomic E-state index is 9.87. The van der Waals surface area contributed by atoms with Gasteiger partial charge in [-0.2, -0.15) is 11.8 Å². The van der Waals surface area contributed by atoms with Crippen molar-refractivity contribution in [2.24, 2.45) is 5.73 Å². The van der Waals surface area contributed by atoms with E-state index in [1.807, 2.05) is 18.2 Å². The van der Waals surface area contributed by atoms with Gasteiger partial charge in [-0.15, -0.1) is 12.4 Å². The molecule has 0 unspecified atom stereocenters. The molecule has 78 valence electrons. The van der Waals surface area contributed by atoms with Gasteiger partial charge in [-0.3, -0.25) is 0 Å². The lowest BCUT2D eigenvalue weighted by Crippen LogP contribution is -2.29. The van der Waals surface area contributed by atoms with Crippen LogP contribution in [0.5, 0.6) is 0 Å². The second kappa shape index (κ2) is 5.03. The zero-order chi connectivity index (χ0) is 9.26. The molecule has 1 aliphatic heterocycles. The lowest BCUT2D eigenvalue weighted by atomic mass is 9.99. The summed E-state index contributed by atoms with van der Waals surface area (Å²) in [4.78, 5) is 0. The van der Waals surface area contributed by atoms with E-state index >= 15 is 0 Å². The van der Waals surface area contributed by atoms with Crippen LogP contribution in [0.1, 0.15) is 17.2 Å². The molecular weight excluding hydrogens is 218 g/mol. The van der Waals surface area contributed by atoms with E-state index in [4.69, 9.17) is 5.73 Å². The first-order chi connectivity index (χ1) is 6.29. The van der Waals surface area contributed by atoms with E-state index in [2.05, 4.69) is 6.07 Å². The number of benzene rings is 1. The summed E-state index contributed by atoms with van der Waals surface area (Å²) in [6.45, 7) is 0. The van der Waals surface area contributed by atoms with E-state index in [0.717, 1.165) is 17.1 Å². The van der Waals surface area contributed by atoms with Gasteiger partial charge in [0.1, 0.15) is 0 Å². The van der Waals surface area contributed by atoms with Crippen molar-refractivity contribution in [3.05, 3.63) is 35.4 Å². The fourth-order valence-corrected chi connectivity index (χ4v) is 2.64. The Morgan fingerprint density at radius 1 is 1.36 bits per heavy atom. The summed E-state index contributed by atoms with van der Waals surface area (Å²) in [6, 6.07) is 7.84. The van der Waals surface area contributed by atoms with Gasteiger partial charge in [0.25, 0.3) is 0 Å². The first-order valence-electron chi connectivity index (χ1n) is 4.38. The van der Waals surface area contributed by atoms with Crippen LogP contribution >= 0.6 is 24.2 Å². The quantitative estimate of drug-likeness (QED) is 0.715. The average Bonchev–Trinajstić information content (AvgIpc) is 2.29. The van der Waals surface area contributed by atoms with Gasteiger partial charge in [0, 0.05) is 17.5 Å². The third kappa shape index (κ3) is 2.23. The molecule has 1 aromatic rings. The molecule has 0 saturated carbocycles. The molecule has 0 aliphatic carbocycles. The molecule has 0 spiro atoms. The van der Waals surface area contributed by atoms with E-state index < -0.39 is 6.10 Å². The van der Waals surface area contributed by atoms with Crippen LogP contribution in [0.2, 0.25) is 0 Å². The summed E-state index contributed by atoms with van der Waals surface area (Å²) in [5.41, 5.74) is 8.04. The van der Waals surface area contributed by atoms with Crippen LogP contribution < -0.4 is 5.73 Å². The predicted molar refractivity (Wildman–Crippen MR) is 62.8 cm³/mol. The molecule has 0 bridgehead atoms. The highest BCUT2D eigenvalue weighted by Crippen LogP contribution is 2.29. The zero-order valence-corrected chi connectivity index (χ0v) is 9.35. The maximum atomic E-state index is 9.87. The van der Waals surface area contributed by atoms with E-state index in [1.165, 1.54) is 5.56 Å². The van der Waals surface area contributed by atoms with Gasteiger partial charge >= 0.3 is 0 Å². The lowest BCUT2D eigenvalue weighted by Gasteiger charge is -2.16. The van der Waals surface area contributed by atoms with Gasteiger partial charge in [0.2, 0.25) is 0 Å². The Morgan fingerprint density at radius 2 is 2.07 bits per heavy atom. The Kier molecular flexibility index (Phi) is 4.26. The van der Waals surface area contributed by atoms with Crippen molar-refractivity contribution in [2.45, 2.75) is 17.9 Å². The summed E-state index contributed by atoms with van der Waals surface area (Å²) in [7, 11) is 0. The molecule has 0 amide bonds. The number of halogens is 1. The van der Waals surface area contributed by atoms with Gasteiger partial charge in [0.05, 0.1) is 6.10 Å². The van der Waals surface area contributed by atoms with Crippen LogP contribution in [0.4, 0.5) is 0 Å². The highest BCUT2D eigenvalue weighted by molar-refractivity contribution is 7.98. The topological polar surface area (TPSA) is 46.2 Å². The van der Waals surface area contributed by atoms with Crippen LogP contribution in [-0.4, -0.2) is 16.9 Å². The molecule has 2 atom stereocenters. The Labute approximate surface area is 94.3 Å². The van der Waals surface area contributed by atoms with Crippen LogP contribution in [-0.2, 0) is 5.75 Å². The molecule has 1 aliphatic rings. The fourth-order valence-electron chi connectivity index (χ4n) is 1.58. The van der Waals surface area contributed by atoms with E-state index in [-0.39, 0.29) is 18.4 Å². The van der Waals surface area contributed by atoms with Crippen molar-refractivity contribution in [1.82, 2.24) is 0 Å². The van der Waals surface area contributed by atoms with Crippen molar-refractivity contribution in [1.29, 1.82) is 0 Å². The van der Waals surface area contributed by atoms with Gasteiger partial charge < -0.3 is 10.8 Å². The van der Waals surface area contributed by atoms with Crippen LogP contribution in [0.3, 0.4) is 0 Å². The summed E-state index contributed by atoms with van der Waals surface area (Å²) in [5, 5.41) is 9.87. The molecule has 0 saturated heterocycles. The Morgan fingerprint density at radius 3 is 2.86 bits per heavy atom. The Hall–Kier alpha value is -0.220. The second-order valence-electron chi connectivity index (χ2n) is 3.32. The fraction of sp³-hybridized carbons (Fsp3) is 0.400. The molecule has 2 nitrogen and oxygen atoms in total. The number of thioether (sulfide) groups is 1. The number of rotatable bonds is 0. The first-order valence-corrected chi connectivity index (χ1v) is 5.53. The number of fused-ring (bicyclic) bond motifs is 1. The molecule has 1 heterocycles. The van der Waals surface area contributed by atoms with Crippen molar-refractivity contribution in [2.75, 3.05) is 5.75 Å². The smallest absolute Gasteiger partial charge is 0.0951 e. The van der Waals surface area contributed by atoms with E-state index in [1.54, 1.807) is 11.8 Å². The van der Waals surface area contributed by atoms with Gasteiger partial charge in [0.15, 0.2) is 0 Å². The summed E-state index contributed by atoms with van der Waals surface area (Å²) in [6.07, 6.45) is -0.494. The Balaban J connectivity index is 0.000000980. The SMILES string of the molecule is Cl.N[C@@H]1CSCc2ccccc2[C@@H]1O. The minimum absolute atomic E-state index is 0. The first kappa shape index (κ1) is 11.9. The second-order valence-corrected chi connectivity index (χ2v) is 4.35. The van der Waals surface area contributed by atoms with E-state index in [0.29, 0.717) is 0 Å². The number of aliphatic hydroxyl groups excluding tert-OH is 1.